The number of unbranched alkanes of at least 4 members (excludes halogenated alkanes) is 24. The summed E-state index contributed by atoms with van der Waals surface area (Å²) in [5.41, 5.74) is 0. The Labute approximate surface area is 203 Å². The Hall–Kier alpha value is 0.350. The van der Waals surface area contributed by atoms with Crippen molar-refractivity contribution in [2.75, 3.05) is 11.5 Å². The molecule has 0 aliphatic carbocycles. The summed E-state index contributed by atoms with van der Waals surface area (Å²) in [6.07, 6.45) is 38.2. The number of rotatable bonds is 28. The van der Waals surface area contributed by atoms with Crippen molar-refractivity contribution in [2.24, 2.45) is 0 Å². The number of hydrogen-bond acceptors (Lipinski definition) is 1. The van der Waals surface area contributed by atoms with Gasteiger partial charge in [-0.05, 0) is 24.3 Å². The van der Waals surface area contributed by atoms with Gasteiger partial charge in [-0.2, -0.15) is 11.8 Å². The largest absolute Gasteiger partial charge is 0.162 e. The summed E-state index contributed by atoms with van der Waals surface area (Å²) in [6.45, 7) is 4.61. The molecule has 0 radical (unpaired) electrons. The molecular formula is C30H62S. The molecule has 0 N–H and O–H groups in total. The molecule has 0 aliphatic heterocycles. The predicted molar refractivity (Wildman–Crippen MR) is 149 cm³/mol. The first-order chi connectivity index (χ1) is 15.4. The second kappa shape index (κ2) is 30.4. The molecule has 0 atom stereocenters. The first-order valence-electron chi connectivity index (χ1n) is 15.0. The zero-order valence-electron chi connectivity index (χ0n) is 22.2. The normalized spacial score (nSPS) is 11.4. The first kappa shape index (κ1) is 31.4. The van der Waals surface area contributed by atoms with Gasteiger partial charge in [0.25, 0.3) is 0 Å². The van der Waals surface area contributed by atoms with Crippen LogP contribution in [-0.2, 0) is 0 Å². The van der Waals surface area contributed by atoms with E-state index >= 15 is 0 Å². The minimum absolute atomic E-state index is 1.37. The van der Waals surface area contributed by atoms with Crippen molar-refractivity contribution in [1.82, 2.24) is 0 Å². The van der Waals surface area contributed by atoms with Crippen molar-refractivity contribution in [3.63, 3.8) is 0 Å². The van der Waals surface area contributed by atoms with Gasteiger partial charge in [-0.25, -0.2) is 0 Å². The van der Waals surface area contributed by atoms with Crippen LogP contribution in [0.2, 0.25) is 0 Å². The quantitative estimate of drug-likeness (QED) is 0.106. The third-order valence-electron chi connectivity index (χ3n) is 6.78. The highest BCUT2D eigenvalue weighted by Gasteiger charge is 1.96. The summed E-state index contributed by atoms with van der Waals surface area (Å²) in [4.78, 5) is 0. The molecule has 1 heteroatoms. The van der Waals surface area contributed by atoms with Crippen LogP contribution in [0.25, 0.3) is 0 Å². The highest BCUT2D eigenvalue weighted by molar-refractivity contribution is 7.99. The molecule has 188 valence electrons. The highest BCUT2D eigenvalue weighted by Crippen LogP contribution is 2.16. The Morgan fingerprint density at radius 1 is 0.258 bits per heavy atom. The minimum atomic E-state index is 1.37. The van der Waals surface area contributed by atoms with Gasteiger partial charge in [-0.3, -0.25) is 0 Å². The summed E-state index contributed by atoms with van der Waals surface area (Å²) < 4.78 is 0. The average Bonchev–Trinajstić information content (AvgIpc) is 2.78. The lowest BCUT2D eigenvalue weighted by molar-refractivity contribution is 0.523. The van der Waals surface area contributed by atoms with Crippen molar-refractivity contribution in [3.8, 4) is 0 Å². The lowest BCUT2D eigenvalue weighted by Gasteiger charge is -2.04. The lowest BCUT2D eigenvalue weighted by Crippen LogP contribution is -1.87. The molecule has 0 heterocycles. The standard InChI is InChI=1S/C30H62S/c1-3-5-7-9-11-12-13-14-15-16-17-18-19-20-21-22-23-24-26-28-30-31-29-27-25-10-8-6-4-2/h3-30H2,1-2H3. The van der Waals surface area contributed by atoms with Crippen molar-refractivity contribution < 1.29 is 0 Å². The van der Waals surface area contributed by atoms with Gasteiger partial charge in [0.05, 0.1) is 0 Å². The fraction of sp³-hybridized carbons (Fsp3) is 1.00. The van der Waals surface area contributed by atoms with Crippen molar-refractivity contribution in [2.45, 2.75) is 181 Å². The summed E-state index contributed by atoms with van der Waals surface area (Å²) in [5, 5.41) is 0. The van der Waals surface area contributed by atoms with E-state index in [-0.39, 0.29) is 0 Å². The van der Waals surface area contributed by atoms with Crippen molar-refractivity contribution in [1.29, 1.82) is 0 Å². The van der Waals surface area contributed by atoms with Crippen LogP contribution < -0.4 is 0 Å². The second-order valence-electron chi connectivity index (χ2n) is 10.1. The average molecular weight is 455 g/mol. The summed E-state index contributed by atoms with van der Waals surface area (Å²) in [7, 11) is 0. The van der Waals surface area contributed by atoms with Crippen LogP contribution in [-0.4, -0.2) is 11.5 Å². The van der Waals surface area contributed by atoms with Crippen molar-refractivity contribution in [3.05, 3.63) is 0 Å². The zero-order chi connectivity index (χ0) is 22.5. The molecule has 31 heavy (non-hydrogen) atoms. The van der Waals surface area contributed by atoms with Gasteiger partial charge in [-0.15, -0.1) is 0 Å². The summed E-state index contributed by atoms with van der Waals surface area (Å²) in [5.74, 6) is 2.82. The molecule has 0 aliphatic rings. The maximum absolute atomic E-state index is 2.31. The van der Waals surface area contributed by atoms with E-state index in [4.69, 9.17) is 0 Å². The smallest absolute Gasteiger partial charge is 0.00675 e. The Bertz CT molecular complexity index is 260. The van der Waals surface area contributed by atoms with Gasteiger partial charge in [0.15, 0.2) is 0 Å². The van der Waals surface area contributed by atoms with Gasteiger partial charge in [0.2, 0.25) is 0 Å². The summed E-state index contributed by atoms with van der Waals surface area (Å²) in [6, 6.07) is 0. The van der Waals surface area contributed by atoms with E-state index in [1.165, 1.54) is 178 Å². The van der Waals surface area contributed by atoms with E-state index in [9.17, 15) is 0 Å². The second-order valence-corrected chi connectivity index (χ2v) is 11.3. The molecule has 0 saturated heterocycles. The molecule has 0 saturated carbocycles. The predicted octanol–water partition coefficient (Wildman–Crippen LogP) is 11.9. The first-order valence-corrected chi connectivity index (χ1v) is 16.1. The molecule has 0 spiro atoms. The minimum Gasteiger partial charge on any atom is -0.162 e. The summed E-state index contributed by atoms with van der Waals surface area (Å²) >= 11 is 2.21. The number of hydrogen-bond donors (Lipinski definition) is 0. The topological polar surface area (TPSA) is 0 Å². The maximum atomic E-state index is 2.31. The van der Waals surface area contributed by atoms with Crippen LogP contribution in [0.4, 0.5) is 0 Å². The third kappa shape index (κ3) is 30.4. The maximum Gasteiger partial charge on any atom is -0.00675 e. The van der Waals surface area contributed by atoms with E-state index in [1.807, 2.05) is 0 Å². The zero-order valence-corrected chi connectivity index (χ0v) is 23.0. The molecule has 0 fully saturated rings. The molecule has 0 nitrogen and oxygen atoms in total. The molecular weight excluding hydrogens is 392 g/mol. The monoisotopic (exact) mass is 454 g/mol. The van der Waals surface area contributed by atoms with Crippen LogP contribution >= 0.6 is 11.8 Å². The Balaban J connectivity index is 2.98. The van der Waals surface area contributed by atoms with E-state index in [2.05, 4.69) is 25.6 Å². The van der Waals surface area contributed by atoms with E-state index in [1.54, 1.807) is 0 Å². The highest BCUT2D eigenvalue weighted by atomic mass is 32.2. The van der Waals surface area contributed by atoms with E-state index < -0.39 is 0 Å². The Kier molecular flexibility index (Phi) is 30.7. The number of thioether (sulfide) groups is 1. The molecule has 0 amide bonds. The van der Waals surface area contributed by atoms with Gasteiger partial charge in [-0.1, -0.05) is 168 Å². The van der Waals surface area contributed by atoms with Crippen molar-refractivity contribution >= 4 is 11.8 Å². The molecule has 0 aromatic heterocycles. The molecule has 0 aromatic carbocycles. The van der Waals surface area contributed by atoms with Gasteiger partial charge in [0.1, 0.15) is 0 Å². The third-order valence-corrected chi connectivity index (χ3v) is 7.94. The van der Waals surface area contributed by atoms with E-state index in [0.29, 0.717) is 0 Å². The molecule has 0 unspecified atom stereocenters. The van der Waals surface area contributed by atoms with Crippen LogP contribution in [0.15, 0.2) is 0 Å². The van der Waals surface area contributed by atoms with Crippen LogP contribution in [0, 0.1) is 0 Å². The van der Waals surface area contributed by atoms with Gasteiger partial charge in [0, 0.05) is 0 Å². The Morgan fingerprint density at radius 2 is 0.452 bits per heavy atom. The molecule has 0 aromatic rings. The van der Waals surface area contributed by atoms with Gasteiger partial charge >= 0.3 is 0 Å². The van der Waals surface area contributed by atoms with Gasteiger partial charge < -0.3 is 0 Å². The molecule has 0 rings (SSSR count). The SMILES string of the molecule is CCCCCCCCCCCCCCCCCCCCCCSCCCCCCCC. The fourth-order valence-corrected chi connectivity index (χ4v) is 5.57. The van der Waals surface area contributed by atoms with Crippen LogP contribution in [0.5, 0.6) is 0 Å². The Morgan fingerprint density at radius 3 is 0.677 bits per heavy atom. The molecule has 0 bridgehead atoms. The van der Waals surface area contributed by atoms with E-state index in [0.717, 1.165) is 0 Å². The van der Waals surface area contributed by atoms with Crippen LogP contribution in [0.3, 0.4) is 0 Å². The van der Waals surface area contributed by atoms with Crippen LogP contribution in [0.1, 0.15) is 181 Å². The fourth-order valence-electron chi connectivity index (χ4n) is 4.55. The lowest BCUT2D eigenvalue weighted by atomic mass is 10.0.